The van der Waals surface area contributed by atoms with Gasteiger partial charge in [-0.15, -0.1) is 0 Å². The van der Waals surface area contributed by atoms with Crippen molar-refractivity contribution in [3.8, 4) is 0 Å². The smallest absolute Gasteiger partial charge is 0.406 e. The lowest BCUT2D eigenvalue weighted by Gasteiger charge is -2.08. The molecule has 0 radical (unpaired) electrons. The zero-order valence-electron chi connectivity index (χ0n) is 11.7. The van der Waals surface area contributed by atoms with Crippen molar-refractivity contribution in [3.05, 3.63) is 0 Å². The Morgan fingerprint density at radius 2 is 2.50 bits per heavy atom. The minimum Gasteiger partial charge on any atom is -0.448 e. The van der Waals surface area contributed by atoms with Crippen LogP contribution < -0.4 is 5.32 Å². The first-order chi connectivity index (χ1) is 7.09. The quantitative estimate of drug-likeness (QED) is 0.614. The van der Waals surface area contributed by atoms with E-state index in [1.165, 1.54) is 7.05 Å². The highest BCUT2D eigenvalue weighted by molar-refractivity contribution is 5.66. The fraction of sp³-hybridized carbons (Fsp3) is 0.833. The molecular formula is C6H14N2O2. The third kappa shape index (κ3) is 5.37. The molecule has 1 N–H and O–H groups in total. The van der Waals surface area contributed by atoms with Crippen LogP contribution in [0.1, 0.15) is 8.22 Å². The van der Waals surface area contributed by atoms with E-state index in [0.29, 0.717) is 4.90 Å². The minimum atomic E-state index is -2.75. The summed E-state index contributed by atoms with van der Waals surface area (Å²) in [5.41, 5.74) is 0. The van der Waals surface area contributed by atoms with Crippen molar-refractivity contribution >= 4 is 6.09 Å². The molecule has 0 aromatic carbocycles. The highest BCUT2D eigenvalue weighted by Gasteiger charge is 1.96. The van der Waals surface area contributed by atoms with Gasteiger partial charge in [0.1, 0.15) is 6.61 Å². The van der Waals surface area contributed by atoms with Crippen molar-refractivity contribution in [2.75, 3.05) is 34.2 Å². The van der Waals surface area contributed by atoms with Crippen molar-refractivity contribution < 1.29 is 17.8 Å². The van der Waals surface area contributed by atoms with Crippen LogP contribution in [-0.2, 0) is 4.74 Å². The van der Waals surface area contributed by atoms with Gasteiger partial charge in [0.2, 0.25) is 0 Å². The normalized spacial score (nSPS) is 21.0. The number of hydrogen-bond acceptors (Lipinski definition) is 3. The fourth-order valence-corrected chi connectivity index (χ4v) is 0.302. The lowest BCUT2D eigenvalue weighted by atomic mass is 10.6. The predicted octanol–water partition coefficient (Wildman–Crippen LogP) is -0.0960. The Morgan fingerprint density at radius 1 is 1.80 bits per heavy atom. The Morgan fingerprint density at radius 3 is 3.00 bits per heavy atom. The molecule has 0 spiro atoms. The van der Waals surface area contributed by atoms with Gasteiger partial charge in [-0.1, -0.05) is 0 Å². The van der Waals surface area contributed by atoms with E-state index in [0.717, 1.165) is 0 Å². The van der Waals surface area contributed by atoms with Crippen LogP contribution in [0.25, 0.3) is 0 Å². The monoisotopic (exact) mass is 152 g/mol. The first-order valence-electron chi connectivity index (χ1n) is 5.71. The molecule has 1 amide bonds. The summed E-state index contributed by atoms with van der Waals surface area (Å²) >= 11 is 0. The number of amides is 1. The summed E-state index contributed by atoms with van der Waals surface area (Å²) in [6.07, 6.45) is -0.740. The van der Waals surface area contributed by atoms with E-state index in [-0.39, 0.29) is 13.2 Å². The van der Waals surface area contributed by atoms with Crippen LogP contribution in [0, 0.1) is 0 Å². The molecule has 4 heteroatoms. The molecule has 0 aliphatic carbocycles. The molecule has 0 atom stereocenters. The average Bonchev–Trinajstić information content (AvgIpc) is 2.07. The summed E-state index contributed by atoms with van der Waals surface area (Å²) < 4.78 is 46.6. The van der Waals surface area contributed by atoms with E-state index in [1.807, 2.05) is 0 Å². The molecule has 0 fully saturated rings. The first kappa shape index (κ1) is 3.09. The molecule has 0 heterocycles. The van der Waals surface area contributed by atoms with E-state index >= 15 is 0 Å². The number of likely N-dealkylation sites (N-methyl/N-ethyl adjacent to an activating group) is 1. The van der Waals surface area contributed by atoms with Gasteiger partial charge in [-0.25, -0.2) is 4.79 Å². The highest BCUT2D eigenvalue weighted by atomic mass is 16.5. The molecule has 4 nitrogen and oxygen atoms in total. The molecule has 0 aromatic heterocycles. The molecular weight excluding hydrogens is 132 g/mol. The van der Waals surface area contributed by atoms with Crippen molar-refractivity contribution in [2.24, 2.45) is 0 Å². The molecule has 0 unspecified atom stereocenters. The van der Waals surface area contributed by atoms with Gasteiger partial charge in [0.05, 0.1) is 0 Å². The third-order valence-corrected chi connectivity index (χ3v) is 0.752. The lowest BCUT2D eigenvalue weighted by Crippen LogP contribution is -2.24. The SMILES string of the molecule is [2H]C([2H])([2H])N(CCOC(=O)NC)C([2H])([2H])[2H]. The number of rotatable bonds is 3. The van der Waals surface area contributed by atoms with Gasteiger partial charge in [0.25, 0.3) is 0 Å². The Labute approximate surface area is 69.6 Å². The van der Waals surface area contributed by atoms with Gasteiger partial charge in [-0.05, 0) is 14.0 Å². The van der Waals surface area contributed by atoms with Crippen LogP contribution in [0.15, 0.2) is 0 Å². The van der Waals surface area contributed by atoms with Gasteiger partial charge in [-0.3, -0.25) is 0 Å². The zero-order valence-corrected chi connectivity index (χ0v) is 5.68. The van der Waals surface area contributed by atoms with Crippen LogP contribution in [0.5, 0.6) is 0 Å². The number of carbonyl (C=O) groups excluding carboxylic acids is 1. The van der Waals surface area contributed by atoms with E-state index in [1.54, 1.807) is 0 Å². The van der Waals surface area contributed by atoms with Gasteiger partial charge < -0.3 is 15.0 Å². The van der Waals surface area contributed by atoms with Crippen LogP contribution in [-0.4, -0.2) is 45.1 Å². The van der Waals surface area contributed by atoms with E-state index in [9.17, 15) is 4.79 Å². The van der Waals surface area contributed by atoms with E-state index in [2.05, 4.69) is 10.1 Å². The molecule has 60 valence electrons. The van der Waals surface area contributed by atoms with Crippen LogP contribution in [0.4, 0.5) is 4.79 Å². The maximum absolute atomic E-state index is 10.7. The Balaban J connectivity index is 4.31. The van der Waals surface area contributed by atoms with E-state index in [4.69, 9.17) is 8.22 Å². The summed E-state index contributed by atoms with van der Waals surface area (Å²) in [4.78, 5) is 11.0. The van der Waals surface area contributed by atoms with Gasteiger partial charge in [-0.2, -0.15) is 0 Å². The number of carbonyl (C=O) groups is 1. The number of alkyl carbamates (subject to hydrolysis) is 1. The highest BCUT2D eigenvalue weighted by Crippen LogP contribution is 1.78. The molecule has 0 bridgehead atoms. The molecule has 0 saturated heterocycles. The van der Waals surface area contributed by atoms with Crippen molar-refractivity contribution in [2.45, 2.75) is 0 Å². The maximum Gasteiger partial charge on any atom is 0.406 e. The van der Waals surface area contributed by atoms with Crippen molar-refractivity contribution in [3.63, 3.8) is 0 Å². The fourth-order valence-electron chi connectivity index (χ4n) is 0.302. The van der Waals surface area contributed by atoms with Crippen molar-refractivity contribution in [1.82, 2.24) is 10.2 Å². The first-order valence-corrected chi connectivity index (χ1v) is 2.71. The molecule has 0 saturated carbocycles. The second-order valence-electron chi connectivity index (χ2n) is 1.54. The molecule has 0 aromatic rings. The number of nitrogens with zero attached hydrogens (tertiary/aromatic N) is 1. The van der Waals surface area contributed by atoms with E-state index < -0.39 is 20.0 Å². The number of ether oxygens (including phenoxy) is 1. The lowest BCUT2D eigenvalue weighted by molar-refractivity contribution is 0.139. The zero-order chi connectivity index (χ0) is 13.0. The average molecular weight is 152 g/mol. The van der Waals surface area contributed by atoms with Crippen LogP contribution in [0.2, 0.25) is 0 Å². The summed E-state index contributed by atoms with van der Waals surface area (Å²) in [5, 5.41) is 2.16. The summed E-state index contributed by atoms with van der Waals surface area (Å²) in [6.45, 7) is -6.20. The summed E-state index contributed by atoms with van der Waals surface area (Å²) in [5.74, 6) is 0. The third-order valence-electron chi connectivity index (χ3n) is 0.752. The Kier molecular flexibility index (Phi) is 1.56. The minimum absolute atomic E-state index is 0.309. The number of hydrogen-bond donors (Lipinski definition) is 1. The standard InChI is InChI=1S/C6H14N2O2/c1-7-6(9)10-5-4-8(2)3/h4-5H2,1-3H3,(H,7,9)/i2D3,3D3. The molecule has 0 rings (SSSR count). The summed E-state index contributed by atoms with van der Waals surface area (Å²) in [6, 6.07) is 0. The molecule has 0 aliphatic heterocycles. The van der Waals surface area contributed by atoms with Gasteiger partial charge >= 0.3 is 6.09 Å². The van der Waals surface area contributed by atoms with Gasteiger partial charge in [0.15, 0.2) is 0 Å². The van der Waals surface area contributed by atoms with Crippen LogP contribution in [0.3, 0.4) is 0 Å². The van der Waals surface area contributed by atoms with Crippen molar-refractivity contribution in [1.29, 1.82) is 0 Å². The second kappa shape index (κ2) is 5.05. The maximum atomic E-state index is 10.7. The summed E-state index contributed by atoms with van der Waals surface area (Å²) in [7, 11) is 1.34. The topological polar surface area (TPSA) is 41.6 Å². The second-order valence-corrected chi connectivity index (χ2v) is 1.54. The van der Waals surface area contributed by atoms with Crippen LogP contribution >= 0.6 is 0 Å². The molecule has 10 heavy (non-hydrogen) atoms. The number of nitrogens with one attached hydrogen (secondary N) is 1. The molecule has 0 aliphatic rings. The predicted molar refractivity (Wildman–Crippen MR) is 39.0 cm³/mol. The Hall–Kier alpha value is -0.770. The largest absolute Gasteiger partial charge is 0.448 e. The van der Waals surface area contributed by atoms with Gasteiger partial charge in [0, 0.05) is 21.8 Å². The Bertz CT molecular complexity index is 224.